The van der Waals surface area contributed by atoms with Gasteiger partial charge in [0.2, 0.25) is 0 Å². The Labute approximate surface area is 120 Å². The number of hydrogen-bond donors (Lipinski definition) is 0. The van der Waals surface area contributed by atoms with Crippen LogP contribution in [0, 0.1) is 18.8 Å². The number of aryl methyl sites for hydroxylation is 1. The maximum Gasteiger partial charge on any atom is 0.168 e. The van der Waals surface area contributed by atoms with Crippen LogP contribution in [0.25, 0.3) is 6.08 Å². The third-order valence-electron chi connectivity index (χ3n) is 2.88. The quantitative estimate of drug-likeness (QED) is 0.589. The Morgan fingerprint density at radius 1 is 1.00 bits per heavy atom. The Kier molecular flexibility index (Phi) is 4.52. The minimum absolute atomic E-state index is 0.0194. The summed E-state index contributed by atoms with van der Waals surface area (Å²) in [7, 11) is 0. The molecule has 0 saturated carbocycles. The fourth-order valence-corrected chi connectivity index (χ4v) is 1.72. The van der Waals surface area contributed by atoms with Gasteiger partial charge in [-0.05, 0) is 37.6 Å². The van der Waals surface area contributed by atoms with Crippen molar-refractivity contribution in [3.8, 4) is 11.8 Å². The van der Waals surface area contributed by atoms with Gasteiger partial charge in [0, 0.05) is 5.56 Å². The van der Waals surface area contributed by atoms with E-state index < -0.39 is 0 Å². The molecule has 0 heterocycles. The van der Waals surface area contributed by atoms with Crippen LogP contribution in [0.5, 0.6) is 0 Å². The largest absolute Gasteiger partial charge is 0.294 e. The lowest BCUT2D eigenvalue weighted by atomic mass is 10.1. The van der Waals surface area contributed by atoms with Crippen molar-refractivity contribution < 1.29 is 4.79 Å². The second-order valence-corrected chi connectivity index (χ2v) is 4.64. The Hall–Kier alpha value is -2.59. The first-order chi connectivity index (χ1) is 9.65. The number of ketones is 1. The molecule has 0 atom stereocenters. The van der Waals surface area contributed by atoms with E-state index in [1.165, 1.54) is 5.56 Å². The first-order valence-corrected chi connectivity index (χ1v) is 6.51. The zero-order valence-corrected chi connectivity index (χ0v) is 11.7. The minimum Gasteiger partial charge on any atom is -0.294 e. The topological polar surface area (TPSA) is 17.1 Å². The summed E-state index contributed by atoms with van der Waals surface area (Å²) in [5, 5.41) is 0. The predicted octanol–water partition coefficient (Wildman–Crippen LogP) is 4.02. The summed E-state index contributed by atoms with van der Waals surface area (Å²) < 4.78 is 0. The van der Waals surface area contributed by atoms with Crippen LogP contribution in [0.4, 0.5) is 0 Å². The van der Waals surface area contributed by atoms with Gasteiger partial charge in [-0.25, -0.2) is 0 Å². The molecule has 0 saturated heterocycles. The molecule has 0 aliphatic carbocycles. The molecule has 20 heavy (non-hydrogen) atoms. The molecule has 0 unspecified atom stereocenters. The van der Waals surface area contributed by atoms with Crippen molar-refractivity contribution in [1.29, 1.82) is 0 Å². The van der Waals surface area contributed by atoms with E-state index in [0.29, 0.717) is 5.57 Å². The standard InChI is InChI=1S/C19H16O/c1-15-8-10-18(11-9-15)14-19(16(2)20)13-12-17-6-4-3-5-7-17/h3-11,14H,1-2H3. The molecule has 0 amide bonds. The summed E-state index contributed by atoms with van der Waals surface area (Å²) in [5.74, 6) is 5.96. The molecule has 2 rings (SSSR count). The SMILES string of the molecule is CC(=O)C(C#Cc1ccccc1)=Cc1ccc(C)cc1. The lowest BCUT2D eigenvalue weighted by molar-refractivity contribution is -0.113. The Balaban J connectivity index is 2.31. The van der Waals surface area contributed by atoms with E-state index in [2.05, 4.69) is 11.8 Å². The van der Waals surface area contributed by atoms with Gasteiger partial charge in [-0.1, -0.05) is 59.9 Å². The van der Waals surface area contributed by atoms with Gasteiger partial charge in [0.15, 0.2) is 5.78 Å². The second-order valence-electron chi connectivity index (χ2n) is 4.64. The second kappa shape index (κ2) is 6.54. The molecule has 0 aliphatic heterocycles. The zero-order chi connectivity index (χ0) is 14.4. The highest BCUT2D eigenvalue weighted by molar-refractivity contribution is 6.02. The van der Waals surface area contributed by atoms with Crippen LogP contribution in [0.3, 0.4) is 0 Å². The van der Waals surface area contributed by atoms with Gasteiger partial charge in [0.25, 0.3) is 0 Å². The number of hydrogen-bond acceptors (Lipinski definition) is 1. The molecule has 0 aliphatic rings. The van der Waals surface area contributed by atoms with E-state index >= 15 is 0 Å². The molecule has 2 aromatic carbocycles. The smallest absolute Gasteiger partial charge is 0.168 e. The molecule has 0 aromatic heterocycles. The van der Waals surface area contributed by atoms with Gasteiger partial charge >= 0.3 is 0 Å². The van der Waals surface area contributed by atoms with Crippen LogP contribution in [-0.2, 0) is 4.79 Å². The number of rotatable bonds is 2. The summed E-state index contributed by atoms with van der Waals surface area (Å²) in [5.41, 5.74) is 3.62. The van der Waals surface area contributed by atoms with E-state index in [-0.39, 0.29) is 5.78 Å². The molecule has 0 radical (unpaired) electrons. The van der Waals surface area contributed by atoms with Crippen molar-refractivity contribution in [2.45, 2.75) is 13.8 Å². The molecule has 0 fully saturated rings. The molecule has 0 spiro atoms. The molecule has 0 bridgehead atoms. The monoisotopic (exact) mass is 260 g/mol. The van der Waals surface area contributed by atoms with Gasteiger partial charge in [0.1, 0.15) is 0 Å². The Morgan fingerprint density at radius 2 is 1.65 bits per heavy atom. The lowest BCUT2D eigenvalue weighted by Crippen LogP contribution is -1.93. The molecule has 2 aromatic rings. The Bertz CT molecular complexity index is 680. The van der Waals surface area contributed by atoms with E-state index in [0.717, 1.165) is 11.1 Å². The highest BCUT2D eigenvalue weighted by Gasteiger charge is 2.00. The molecule has 1 nitrogen and oxygen atoms in total. The van der Waals surface area contributed by atoms with Gasteiger partial charge in [-0.3, -0.25) is 4.79 Å². The first kappa shape index (κ1) is 13.8. The molecule has 98 valence electrons. The maximum atomic E-state index is 11.7. The van der Waals surface area contributed by atoms with Gasteiger partial charge in [-0.15, -0.1) is 0 Å². The van der Waals surface area contributed by atoms with Gasteiger partial charge in [0.05, 0.1) is 5.57 Å². The Morgan fingerprint density at radius 3 is 2.25 bits per heavy atom. The number of carbonyl (C=O) groups is 1. The van der Waals surface area contributed by atoms with Crippen molar-refractivity contribution in [2.75, 3.05) is 0 Å². The first-order valence-electron chi connectivity index (χ1n) is 6.51. The third-order valence-corrected chi connectivity index (χ3v) is 2.88. The average Bonchev–Trinajstić information content (AvgIpc) is 2.46. The highest BCUT2D eigenvalue weighted by Crippen LogP contribution is 2.09. The van der Waals surface area contributed by atoms with Crippen LogP contribution in [0.2, 0.25) is 0 Å². The summed E-state index contributed by atoms with van der Waals surface area (Å²) in [6.07, 6.45) is 1.83. The minimum atomic E-state index is -0.0194. The van der Waals surface area contributed by atoms with Crippen LogP contribution in [0.15, 0.2) is 60.2 Å². The molecular formula is C19H16O. The van der Waals surface area contributed by atoms with E-state index in [9.17, 15) is 4.79 Å². The fraction of sp³-hybridized carbons (Fsp3) is 0.105. The molecule has 0 N–H and O–H groups in total. The number of Topliss-reactive ketones (excluding diaryl/α,β-unsaturated/α-hetero) is 1. The summed E-state index contributed by atoms with van der Waals surface area (Å²) >= 11 is 0. The van der Waals surface area contributed by atoms with Crippen molar-refractivity contribution >= 4 is 11.9 Å². The van der Waals surface area contributed by atoms with Crippen molar-refractivity contribution in [1.82, 2.24) is 0 Å². The van der Waals surface area contributed by atoms with Crippen LogP contribution >= 0.6 is 0 Å². The van der Waals surface area contributed by atoms with Crippen LogP contribution in [-0.4, -0.2) is 5.78 Å². The molecular weight excluding hydrogens is 244 g/mol. The normalized spacial score (nSPS) is 10.6. The van der Waals surface area contributed by atoms with Crippen LogP contribution in [0.1, 0.15) is 23.6 Å². The number of carbonyl (C=O) groups excluding carboxylic acids is 1. The van der Waals surface area contributed by atoms with Crippen LogP contribution < -0.4 is 0 Å². The molecule has 1 heteroatoms. The number of benzene rings is 2. The third kappa shape index (κ3) is 3.96. The summed E-state index contributed by atoms with van der Waals surface area (Å²) in [6.45, 7) is 3.58. The maximum absolute atomic E-state index is 11.7. The number of allylic oxidation sites excluding steroid dienone is 1. The van der Waals surface area contributed by atoms with Gasteiger partial charge < -0.3 is 0 Å². The average molecular weight is 260 g/mol. The van der Waals surface area contributed by atoms with Gasteiger partial charge in [-0.2, -0.15) is 0 Å². The summed E-state index contributed by atoms with van der Waals surface area (Å²) in [4.78, 5) is 11.7. The van der Waals surface area contributed by atoms with Crippen molar-refractivity contribution in [3.05, 3.63) is 76.9 Å². The van der Waals surface area contributed by atoms with E-state index in [1.54, 1.807) is 6.92 Å². The zero-order valence-electron chi connectivity index (χ0n) is 11.7. The van der Waals surface area contributed by atoms with E-state index in [4.69, 9.17) is 0 Å². The fourth-order valence-electron chi connectivity index (χ4n) is 1.72. The van der Waals surface area contributed by atoms with Crippen molar-refractivity contribution in [3.63, 3.8) is 0 Å². The van der Waals surface area contributed by atoms with E-state index in [1.807, 2.05) is 67.6 Å². The summed E-state index contributed by atoms with van der Waals surface area (Å²) in [6, 6.07) is 17.7. The lowest BCUT2D eigenvalue weighted by Gasteiger charge is -1.97. The van der Waals surface area contributed by atoms with Crippen molar-refractivity contribution in [2.24, 2.45) is 0 Å². The predicted molar refractivity (Wildman–Crippen MR) is 83.2 cm³/mol. The highest BCUT2D eigenvalue weighted by atomic mass is 16.1.